The third-order valence-corrected chi connectivity index (χ3v) is 5.82. The number of nitrogens with zero attached hydrogens (tertiary/aromatic N) is 1. The Morgan fingerprint density at radius 2 is 1.78 bits per heavy atom. The molecule has 1 amide bonds. The molecule has 0 aromatic heterocycles. The molecule has 1 heterocycles. The van der Waals surface area contributed by atoms with Crippen molar-refractivity contribution < 1.29 is 19.4 Å². The van der Waals surface area contributed by atoms with Gasteiger partial charge in [0.25, 0.3) is 5.91 Å². The molecule has 0 radical (unpaired) electrons. The van der Waals surface area contributed by atoms with Gasteiger partial charge < -0.3 is 15.2 Å². The summed E-state index contributed by atoms with van der Waals surface area (Å²) in [7, 11) is 0. The minimum atomic E-state index is -1.08. The number of ether oxygens (including phenoxy) is 1. The van der Waals surface area contributed by atoms with Gasteiger partial charge in [-0.2, -0.15) is 0 Å². The Morgan fingerprint density at radius 1 is 1.06 bits per heavy atom. The lowest BCUT2D eigenvalue weighted by Crippen LogP contribution is -2.19. The van der Waals surface area contributed by atoms with E-state index in [0.29, 0.717) is 27.5 Å². The topological polar surface area (TPSA) is 88.0 Å². The molecule has 0 unspecified atom stereocenters. The second kappa shape index (κ2) is 9.72. The molecule has 0 aliphatic carbocycles. The molecule has 1 saturated heterocycles. The van der Waals surface area contributed by atoms with E-state index in [4.69, 9.17) is 16.3 Å². The molecule has 0 atom stereocenters. The smallest absolute Gasteiger partial charge is 0.337 e. The highest BCUT2D eigenvalue weighted by Gasteiger charge is 2.24. The zero-order chi connectivity index (χ0) is 22.5. The van der Waals surface area contributed by atoms with Crippen LogP contribution in [0.15, 0.2) is 82.7 Å². The standard InChI is InChI=1S/C24H17ClN2O4S/c25-19-7-3-1-5-16(19)14-31-17-11-9-15(10-12-17)13-21-22(28)27-24(32-21)26-20-8-4-2-6-18(20)23(29)30/h1-13H,14H2,(H,29,30)(H,26,27,28)/b21-13-. The predicted octanol–water partition coefficient (Wildman–Crippen LogP) is 5.51. The van der Waals surface area contributed by atoms with Gasteiger partial charge in [-0.05, 0) is 53.7 Å². The van der Waals surface area contributed by atoms with Crippen molar-refractivity contribution in [1.29, 1.82) is 0 Å². The summed E-state index contributed by atoms with van der Waals surface area (Å²) in [6.07, 6.45) is 1.74. The van der Waals surface area contributed by atoms with E-state index in [9.17, 15) is 14.7 Å². The molecule has 0 saturated carbocycles. The fourth-order valence-electron chi connectivity index (χ4n) is 2.93. The number of benzene rings is 3. The van der Waals surface area contributed by atoms with Crippen LogP contribution in [-0.2, 0) is 11.4 Å². The number of thioether (sulfide) groups is 1. The maximum absolute atomic E-state index is 12.3. The summed E-state index contributed by atoms with van der Waals surface area (Å²) in [5.74, 6) is -0.685. The molecule has 8 heteroatoms. The van der Waals surface area contributed by atoms with Gasteiger partial charge in [-0.3, -0.25) is 4.79 Å². The third kappa shape index (κ3) is 5.19. The number of para-hydroxylation sites is 1. The van der Waals surface area contributed by atoms with Crippen LogP contribution in [0.3, 0.4) is 0 Å². The fourth-order valence-corrected chi connectivity index (χ4v) is 3.96. The van der Waals surface area contributed by atoms with Gasteiger partial charge in [0.1, 0.15) is 12.4 Å². The molecule has 0 spiro atoms. The number of aliphatic imine (C=N–C) groups is 1. The van der Waals surface area contributed by atoms with E-state index in [0.717, 1.165) is 22.9 Å². The Balaban J connectivity index is 1.44. The highest BCUT2D eigenvalue weighted by molar-refractivity contribution is 8.18. The number of carboxylic acid groups (broad SMARTS) is 1. The number of nitrogens with one attached hydrogen (secondary N) is 1. The molecule has 1 aliphatic rings. The minimum Gasteiger partial charge on any atom is -0.489 e. The lowest BCUT2D eigenvalue weighted by molar-refractivity contribution is -0.115. The summed E-state index contributed by atoms with van der Waals surface area (Å²) < 4.78 is 5.78. The van der Waals surface area contributed by atoms with Crippen molar-refractivity contribution in [3.05, 3.63) is 99.4 Å². The molecular formula is C24H17ClN2O4S. The molecule has 32 heavy (non-hydrogen) atoms. The van der Waals surface area contributed by atoms with Gasteiger partial charge in [0.2, 0.25) is 0 Å². The van der Waals surface area contributed by atoms with Crippen molar-refractivity contribution in [2.45, 2.75) is 6.61 Å². The summed E-state index contributed by atoms with van der Waals surface area (Å²) in [5, 5.41) is 12.9. The van der Waals surface area contributed by atoms with E-state index < -0.39 is 5.97 Å². The SMILES string of the molecule is O=C1NC(=Nc2ccccc2C(=O)O)S/C1=C\c1ccc(OCc2ccccc2Cl)cc1. The molecule has 0 bridgehead atoms. The average molecular weight is 465 g/mol. The van der Waals surface area contributed by atoms with Gasteiger partial charge in [-0.15, -0.1) is 0 Å². The van der Waals surface area contributed by atoms with Crippen LogP contribution in [-0.4, -0.2) is 22.2 Å². The van der Waals surface area contributed by atoms with E-state index in [1.54, 1.807) is 24.3 Å². The van der Waals surface area contributed by atoms with Crippen LogP contribution in [0.5, 0.6) is 5.75 Å². The Labute approximate surface area is 193 Å². The van der Waals surface area contributed by atoms with Crippen LogP contribution >= 0.6 is 23.4 Å². The number of carbonyl (C=O) groups is 2. The van der Waals surface area contributed by atoms with Crippen LogP contribution < -0.4 is 10.1 Å². The molecule has 3 aromatic rings. The van der Waals surface area contributed by atoms with E-state index in [-0.39, 0.29) is 17.2 Å². The summed E-state index contributed by atoms with van der Waals surface area (Å²) >= 11 is 7.30. The number of hydrogen-bond acceptors (Lipinski definition) is 5. The molecule has 4 rings (SSSR count). The summed E-state index contributed by atoms with van der Waals surface area (Å²) in [6.45, 7) is 0.357. The number of aromatic carboxylic acids is 1. The van der Waals surface area contributed by atoms with E-state index in [1.165, 1.54) is 6.07 Å². The Hall–Kier alpha value is -3.55. The highest BCUT2D eigenvalue weighted by atomic mass is 35.5. The minimum absolute atomic E-state index is 0.0691. The van der Waals surface area contributed by atoms with E-state index in [2.05, 4.69) is 10.3 Å². The largest absolute Gasteiger partial charge is 0.489 e. The summed E-state index contributed by atoms with van der Waals surface area (Å²) in [5.41, 5.74) is 2.07. The van der Waals surface area contributed by atoms with Gasteiger partial charge in [0.15, 0.2) is 5.17 Å². The molecule has 1 aliphatic heterocycles. The van der Waals surface area contributed by atoms with Crippen molar-refractivity contribution in [3.8, 4) is 5.75 Å². The highest BCUT2D eigenvalue weighted by Crippen LogP contribution is 2.29. The second-order valence-corrected chi connectivity index (χ2v) is 8.19. The van der Waals surface area contributed by atoms with Gasteiger partial charge in [-0.1, -0.05) is 54.1 Å². The first kappa shape index (κ1) is 21.7. The van der Waals surface area contributed by atoms with Gasteiger partial charge in [-0.25, -0.2) is 9.79 Å². The van der Waals surface area contributed by atoms with Crippen molar-refractivity contribution in [2.75, 3.05) is 0 Å². The van der Waals surface area contributed by atoms with Crippen molar-refractivity contribution in [2.24, 2.45) is 4.99 Å². The van der Waals surface area contributed by atoms with Crippen LogP contribution in [0, 0.1) is 0 Å². The van der Waals surface area contributed by atoms with Crippen LogP contribution in [0.1, 0.15) is 21.5 Å². The molecule has 160 valence electrons. The molecule has 3 aromatic carbocycles. The van der Waals surface area contributed by atoms with Crippen LogP contribution in [0.2, 0.25) is 5.02 Å². The monoisotopic (exact) mass is 464 g/mol. The average Bonchev–Trinajstić information content (AvgIpc) is 3.13. The first-order chi connectivity index (χ1) is 15.5. The van der Waals surface area contributed by atoms with Crippen LogP contribution in [0.4, 0.5) is 5.69 Å². The third-order valence-electron chi connectivity index (χ3n) is 4.54. The quantitative estimate of drug-likeness (QED) is 0.470. The van der Waals surface area contributed by atoms with E-state index in [1.807, 2.05) is 48.5 Å². The van der Waals surface area contributed by atoms with Crippen molar-refractivity contribution >= 4 is 52.2 Å². The van der Waals surface area contributed by atoms with Gasteiger partial charge in [0, 0.05) is 10.6 Å². The number of rotatable bonds is 6. The zero-order valence-corrected chi connectivity index (χ0v) is 18.2. The Kier molecular flexibility index (Phi) is 6.58. The van der Waals surface area contributed by atoms with Gasteiger partial charge in [0.05, 0.1) is 16.2 Å². The number of carbonyl (C=O) groups excluding carboxylic acids is 1. The zero-order valence-electron chi connectivity index (χ0n) is 16.6. The first-order valence-electron chi connectivity index (χ1n) is 9.58. The predicted molar refractivity (Wildman–Crippen MR) is 126 cm³/mol. The lowest BCUT2D eigenvalue weighted by Gasteiger charge is -2.08. The normalized spacial score (nSPS) is 15.7. The maximum Gasteiger partial charge on any atom is 0.337 e. The molecule has 6 nitrogen and oxygen atoms in total. The molecular weight excluding hydrogens is 448 g/mol. The first-order valence-corrected chi connectivity index (χ1v) is 10.8. The molecule has 1 fully saturated rings. The van der Waals surface area contributed by atoms with Crippen molar-refractivity contribution in [3.63, 3.8) is 0 Å². The lowest BCUT2D eigenvalue weighted by atomic mass is 10.2. The number of hydrogen-bond donors (Lipinski definition) is 2. The summed E-state index contributed by atoms with van der Waals surface area (Å²) in [6, 6.07) is 21.2. The number of amidine groups is 1. The Morgan fingerprint density at radius 3 is 2.53 bits per heavy atom. The summed E-state index contributed by atoms with van der Waals surface area (Å²) in [4.78, 5) is 28.4. The fraction of sp³-hybridized carbons (Fsp3) is 0.0417. The molecule has 2 N–H and O–H groups in total. The maximum atomic E-state index is 12.3. The number of halogens is 1. The number of amides is 1. The van der Waals surface area contributed by atoms with Crippen molar-refractivity contribution in [1.82, 2.24) is 5.32 Å². The van der Waals surface area contributed by atoms with Crippen LogP contribution in [0.25, 0.3) is 6.08 Å². The second-order valence-electron chi connectivity index (χ2n) is 6.75. The van der Waals surface area contributed by atoms with E-state index >= 15 is 0 Å². The Bertz CT molecular complexity index is 1240. The van der Waals surface area contributed by atoms with Gasteiger partial charge >= 0.3 is 5.97 Å². The number of carboxylic acids is 1.